The van der Waals surface area contributed by atoms with E-state index in [1.54, 1.807) is 35.9 Å². The van der Waals surface area contributed by atoms with Gasteiger partial charge in [0.15, 0.2) is 0 Å². The molecule has 7 heteroatoms. The van der Waals surface area contributed by atoms with Crippen molar-refractivity contribution in [3.63, 3.8) is 0 Å². The average Bonchev–Trinajstić information content (AvgIpc) is 3.20. The first kappa shape index (κ1) is 19.1. The number of thiophene rings is 1. The summed E-state index contributed by atoms with van der Waals surface area (Å²) in [5, 5.41) is 18.0. The predicted octanol–water partition coefficient (Wildman–Crippen LogP) is 3.53. The number of aliphatic carboxylic acids is 1. The van der Waals surface area contributed by atoms with E-state index in [0.717, 1.165) is 15.9 Å². The molecule has 142 valence electrons. The summed E-state index contributed by atoms with van der Waals surface area (Å²) in [6.07, 6.45) is 0. The number of aromatic nitrogens is 2. The normalized spacial score (nSPS) is 13.7. The number of carboxylic acid groups (broad SMARTS) is 1. The molecule has 0 bridgehead atoms. The van der Waals surface area contributed by atoms with Crippen LogP contribution >= 0.6 is 11.3 Å². The molecule has 27 heavy (non-hydrogen) atoms. The Hall–Kier alpha value is -2.67. The lowest BCUT2D eigenvalue weighted by molar-refractivity contribution is -0.142. The van der Waals surface area contributed by atoms with Crippen LogP contribution in [0.5, 0.6) is 0 Å². The number of fused-ring (bicyclic) bond motifs is 1. The lowest BCUT2D eigenvalue weighted by Crippen LogP contribution is -2.44. The zero-order valence-corrected chi connectivity index (χ0v) is 16.6. The minimum Gasteiger partial charge on any atom is -0.481 e. The van der Waals surface area contributed by atoms with Crippen LogP contribution in [0.4, 0.5) is 0 Å². The first-order valence-corrected chi connectivity index (χ1v) is 9.59. The average molecular weight is 385 g/mol. The SMILES string of the molecule is CC(C)c1nn(C)c2sc(C(=O)NCC(C)(C(=O)O)c3ccccc3)cc12. The Morgan fingerprint density at radius 2 is 1.96 bits per heavy atom. The van der Waals surface area contributed by atoms with Crippen molar-refractivity contribution in [2.45, 2.75) is 32.1 Å². The third kappa shape index (κ3) is 3.47. The van der Waals surface area contributed by atoms with Crippen LogP contribution in [-0.2, 0) is 17.3 Å². The highest BCUT2D eigenvalue weighted by molar-refractivity contribution is 7.20. The number of nitrogens with zero attached hydrogens (tertiary/aromatic N) is 2. The van der Waals surface area contributed by atoms with Crippen LogP contribution in [-0.4, -0.2) is 33.3 Å². The Morgan fingerprint density at radius 1 is 1.30 bits per heavy atom. The van der Waals surface area contributed by atoms with Crippen molar-refractivity contribution in [3.05, 3.63) is 52.5 Å². The second-order valence-corrected chi connectivity index (χ2v) is 8.21. The molecular formula is C20H23N3O3S. The van der Waals surface area contributed by atoms with Gasteiger partial charge in [0.05, 0.1) is 10.6 Å². The van der Waals surface area contributed by atoms with Gasteiger partial charge in [-0.25, -0.2) is 0 Å². The van der Waals surface area contributed by atoms with E-state index < -0.39 is 11.4 Å². The number of carbonyl (C=O) groups is 2. The molecule has 1 atom stereocenters. The molecule has 1 aromatic carbocycles. The molecule has 0 saturated carbocycles. The molecule has 2 N–H and O–H groups in total. The number of carboxylic acids is 1. The van der Waals surface area contributed by atoms with Gasteiger partial charge in [-0.05, 0) is 24.5 Å². The van der Waals surface area contributed by atoms with Crippen molar-refractivity contribution in [3.8, 4) is 0 Å². The van der Waals surface area contributed by atoms with Crippen LogP contribution in [0.3, 0.4) is 0 Å². The maximum absolute atomic E-state index is 12.7. The highest BCUT2D eigenvalue weighted by Gasteiger charge is 2.35. The van der Waals surface area contributed by atoms with Gasteiger partial charge in [0.2, 0.25) is 0 Å². The van der Waals surface area contributed by atoms with E-state index in [1.165, 1.54) is 11.3 Å². The van der Waals surface area contributed by atoms with Crippen molar-refractivity contribution in [2.75, 3.05) is 6.54 Å². The molecule has 2 aromatic heterocycles. The molecule has 1 amide bonds. The quantitative estimate of drug-likeness (QED) is 0.680. The molecule has 0 radical (unpaired) electrons. The zero-order valence-electron chi connectivity index (χ0n) is 15.8. The highest BCUT2D eigenvalue weighted by Crippen LogP contribution is 2.31. The Bertz CT molecular complexity index is 991. The van der Waals surface area contributed by atoms with Crippen LogP contribution in [0.2, 0.25) is 0 Å². The minimum absolute atomic E-state index is 0.00864. The van der Waals surface area contributed by atoms with Crippen molar-refractivity contribution >= 4 is 33.4 Å². The van der Waals surface area contributed by atoms with E-state index in [9.17, 15) is 14.7 Å². The van der Waals surface area contributed by atoms with Gasteiger partial charge in [-0.1, -0.05) is 44.2 Å². The standard InChI is InChI=1S/C20H23N3O3S/c1-12(2)16-14-10-15(27-18(14)23(4)22-16)17(24)21-11-20(3,19(25)26)13-8-6-5-7-9-13/h5-10,12H,11H2,1-4H3,(H,21,24)(H,25,26). The first-order valence-electron chi connectivity index (χ1n) is 8.77. The lowest BCUT2D eigenvalue weighted by Gasteiger charge is -2.25. The topological polar surface area (TPSA) is 84.2 Å². The molecule has 0 aliphatic rings. The number of hydrogen-bond acceptors (Lipinski definition) is 4. The summed E-state index contributed by atoms with van der Waals surface area (Å²) in [5.74, 6) is -0.987. The summed E-state index contributed by atoms with van der Waals surface area (Å²) in [5.41, 5.74) is 0.418. The molecule has 3 rings (SSSR count). The van der Waals surface area contributed by atoms with Crippen LogP contribution in [0, 0.1) is 0 Å². The lowest BCUT2D eigenvalue weighted by atomic mass is 9.82. The summed E-state index contributed by atoms with van der Waals surface area (Å²) in [6, 6.07) is 10.8. The molecule has 0 aliphatic carbocycles. The Morgan fingerprint density at radius 3 is 2.56 bits per heavy atom. The van der Waals surface area contributed by atoms with Gasteiger partial charge < -0.3 is 10.4 Å². The summed E-state index contributed by atoms with van der Waals surface area (Å²) in [7, 11) is 1.86. The van der Waals surface area contributed by atoms with Gasteiger partial charge in [0.1, 0.15) is 10.2 Å². The van der Waals surface area contributed by atoms with Crippen molar-refractivity contribution in [2.24, 2.45) is 7.05 Å². The molecule has 0 spiro atoms. The van der Waals surface area contributed by atoms with Gasteiger partial charge in [0.25, 0.3) is 5.91 Å². The third-order valence-electron chi connectivity index (χ3n) is 4.80. The van der Waals surface area contributed by atoms with E-state index in [2.05, 4.69) is 24.3 Å². The van der Waals surface area contributed by atoms with E-state index >= 15 is 0 Å². The summed E-state index contributed by atoms with van der Waals surface area (Å²) in [4.78, 5) is 26.1. The summed E-state index contributed by atoms with van der Waals surface area (Å²) >= 11 is 1.37. The summed E-state index contributed by atoms with van der Waals surface area (Å²) < 4.78 is 1.79. The number of nitrogens with one attached hydrogen (secondary N) is 1. The molecule has 2 heterocycles. The fraction of sp³-hybridized carbons (Fsp3) is 0.350. The highest BCUT2D eigenvalue weighted by atomic mass is 32.1. The van der Waals surface area contributed by atoms with Crippen molar-refractivity contribution in [1.29, 1.82) is 0 Å². The molecule has 0 saturated heterocycles. The molecule has 0 fully saturated rings. The number of hydrogen-bond donors (Lipinski definition) is 2. The Balaban J connectivity index is 1.84. The number of carbonyl (C=O) groups excluding carboxylic acids is 1. The van der Waals surface area contributed by atoms with Crippen LogP contribution in [0.25, 0.3) is 10.2 Å². The molecule has 1 unspecified atom stereocenters. The van der Waals surface area contributed by atoms with E-state index in [1.807, 2.05) is 19.2 Å². The van der Waals surface area contributed by atoms with Gasteiger partial charge in [-0.3, -0.25) is 14.3 Å². The monoisotopic (exact) mass is 385 g/mol. The van der Waals surface area contributed by atoms with Gasteiger partial charge in [-0.15, -0.1) is 11.3 Å². The second-order valence-electron chi connectivity index (χ2n) is 7.18. The fourth-order valence-electron chi connectivity index (χ4n) is 3.06. The van der Waals surface area contributed by atoms with Crippen molar-refractivity contribution in [1.82, 2.24) is 15.1 Å². The van der Waals surface area contributed by atoms with Gasteiger partial charge in [0, 0.05) is 19.0 Å². The largest absolute Gasteiger partial charge is 0.481 e. The molecular weight excluding hydrogens is 362 g/mol. The third-order valence-corrected chi connectivity index (χ3v) is 6.00. The smallest absolute Gasteiger partial charge is 0.315 e. The molecule has 6 nitrogen and oxygen atoms in total. The first-order chi connectivity index (χ1) is 12.7. The van der Waals surface area contributed by atoms with Crippen molar-refractivity contribution < 1.29 is 14.7 Å². The Kier molecular flexibility index (Phi) is 5.06. The number of aryl methyl sites for hydroxylation is 1. The maximum Gasteiger partial charge on any atom is 0.315 e. The van der Waals surface area contributed by atoms with Crippen LogP contribution < -0.4 is 5.32 Å². The molecule has 0 aliphatic heterocycles. The second kappa shape index (κ2) is 7.15. The van der Waals surface area contributed by atoms with Gasteiger partial charge in [-0.2, -0.15) is 5.10 Å². The predicted molar refractivity (Wildman–Crippen MR) is 106 cm³/mol. The van der Waals surface area contributed by atoms with E-state index in [-0.39, 0.29) is 18.4 Å². The van der Waals surface area contributed by atoms with Crippen LogP contribution in [0.1, 0.15) is 47.6 Å². The number of rotatable bonds is 6. The summed E-state index contributed by atoms with van der Waals surface area (Å²) in [6.45, 7) is 5.76. The zero-order chi connectivity index (χ0) is 19.8. The Labute approximate surface area is 161 Å². The van der Waals surface area contributed by atoms with E-state index in [0.29, 0.717) is 10.4 Å². The van der Waals surface area contributed by atoms with Gasteiger partial charge >= 0.3 is 5.97 Å². The number of benzene rings is 1. The molecule has 3 aromatic rings. The number of amides is 1. The van der Waals surface area contributed by atoms with E-state index in [4.69, 9.17) is 0 Å². The minimum atomic E-state index is -1.20. The maximum atomic E-state index is 12.7. The van der Waals surface area contributed by atoms with Crippen LogP contribution in [0.15, 0.2) is 36.4 Å². The fourth-order valence-corrected chi connectivity index (χ4v) is 4.05.